The number of amides is 2. The van der Waals surface area contributed by atoms with Crippen LogP contribution in [-0.4, -0.2) is 39.9 Å². The Hall–Kier alpha value is -3.56. The molecule has 2 amide bonds. The highest BCUT2D eigenvalue weighted by atomic mass is 35.5. The van der Waals surface area contributed by atoms with Crippen LogP contribution in [0.3, 0.4) is 0 Å². The SMILES string of the molecule is CCCNC(=O)c1ccccc1NC(=O)CN(c1ccc(OCC)cc1)S(=O)(=O)c1ccc(Cl)cc1. The molecule has 0 atom stereocenters. The van der Waals surface area contributed by atoms with Crippen molar-refractivity contribution in [3.05, 3.63) is 83.4 Å². The summed E-state index contributed by atoms with van der Waals surface area (Å²) in [5, 5.41) is 5.84. The first-order chi connectivity index (χ1) is 17.3. The Morgan fingerprint density at radius 1 is 0.944 bits per heavy atom. The summed E-state index contributed by atoms with van der Waals surface area (Å²) in [5.74, 6) is -0.372. The summed E-state index contributed by atoms with van der Waals surface area (Å²) in [5.41, 5.74) is 0.844. The van der Waals surface area contributed by atoms with Crippen molar-refractivity contribution in [1.82, 2.24) is 5.32 Å². The van der Waals surface area contributed by atoms with E-state index in [4.69, 9.17) is 16.3 Å². The van der Waals surface area contributed by atoms with E-state index in [1.54, 1.807) is 48.5 Å². The van der Waals surface area contributed by atoms with Crippen LogP contribution in [-0.2, 0) is 14.8 Å². The lowest BCUT2D eigenvalue weighted by atomic mass is 10.1. The number of nitrogens with one attached hydrogen (secondary N) is 2. The molecule has 3 rings (SSSR count). The van der Waals surface area contributed by atoms with Crippen molar-refractivity contribution in [2.45, 2.75) is 25.2 Å². The molecule has 36 heavy (non-hydrogen) atoms. The lowest BCUT2D eigenvalue weighted by Gasteiger charge is -2.24. The Kier molecular flexibility index (Phi) is 9.32. The zero-order valence-electron chi connectivity index (χ0n) is 20.0. The summed E-state index contributed by atoms with van der Waals surface area (Å²) in [6, 6.07) is 18.7. The molecule has 190 valence electrons. The summed E-state index contributed by atoms with van der Waals surface area (Å²) in [6.07, 6.45) is 0.764. The van der Waals surface area contributed by atoms with Crippen LogP contribution < -0.4 is 19.7 Å². The number of anilines is 2. The third-order valence-corrected chi connectivity index (χ3v) is 7.15. The second kappa shape index (κ2) is 12.4. The molecule has 0 spiro atoms. The molecule has 0 aliphatic heterocycles. The lowest BCUT2D eigenvalue weighted by Crippen LogP contribution is -2.38. The topological polar surface area (TPSA) is 105 Å². The molecule has 0 heterocycles. The third-order valence-electron chi connectivity index (χ3n) is 5.11. The first-order valence-corrected chi connectivity index (χ1v) is 13.3. The van der Waals surface area contributed by atoms with Crippen molar-refractivity contribution in [1.29, 1.82) is 0 Å². The van der Waals surface area contributed by atoms with Gasteiger partial charge in [-0.15, -0.1) is 0 Å². The summed E-state index contributed by atoms with van der Waals surface area (Å²) < 4.78 is 33.5. The maximum atomic E-state index is 13.5. The predicted molar refractivity (Wildman–Crippen MR) is 141 cm³/mol. The molecule has 10 heteroatoms. The van der Waals surface area contributed by atoms with E-state index in [1.165, 1.54) is 24.3 Å². The summed E-state index contributed by atoms with van der Waals surface area (Å²) >= 11 is 5.93. The van der Waals surface area contributed by atoms with Crippen molar-refractivity contribution >= 4 is 44.8 Å². The Bertz CT molecular complexity index is 1300. The van der Waals surface area contributed by atoms with Crippen LogP contribution in [0.1, 0.15) is 30.6 Å². The summed E-state index contributed by atoms with van der Waals surface area (Å²) in [4.78, 5) is 25.6. The molecule has 0 saturated carbocycles. The van der Waals surface area contributed by atoms with Crippen LogP contribution >= 0.6 is 11.6 Å². The fourth-order valence-electron chi connectivity index (χ4n) is 3.37. The van der Waals surface area contributed by atoms with Gasteiger partial charge in [-0.2, -0.15) is 0 Å². The van der Waals surface area contributed by atoms with E-state index in [2.05, 4.69) is 10.6 Å². The van der Waals surface area contributed by atoms with E-state index in [1.807, 2.05) is 13.8 Å². The Morgan fingerprint density at radius 3 is 2.25 bits per heavy atom. The van der Waals surface area contributed by atoms with Gasteiger partial charge in [-0.05, 0) is 74.0 Å². The van der Waals surface area contributed by atoms with Crippen molar-refractivity contribution in [3.8, 4) is 5.75 Å². The van der Waals surface area contributed by atoms with Gasteiger partial charge in [-0.25, -0.2) is 8.42 Å². The van der Waals surface area contributed by atoms with Crippen molar-refractivity contribution < 1.29 is 22.7 Å². The number of nitrogens with zero attached hydrogens (tertiary/aromatic N) is 1. The minimum atomic E-state index is -4.13. The van der Waals surface area contributed by atoms with E-state index in [9.17, 15) is 18.0 Å². The molecule has 0 fully saturated rings. The second-order valence-corrected chi connectivity index (χ2v) is 10.0. The number of rotatable bonds is 11. The number of carbonyl (C=O) groups is 2. The fraction of sp³-hybridized carbons (Fsp3) is 0.231. The largest absolute Gasteiger partial charge is 0.494 e. The molecule has 0 bridgehead atoms. The highest BCUT2D eigenvalue weighted by Gasteiger charge is 2.28. The van der Waals surface area contributed by atoms with Gasteiger partial charge in [-0.1, -0.05) is 30.7 Å². The molecular weight excluding hydrogens is 502 g/mol. The molecule has 8 nitrogen and oxygen atoms in total. The summed E-state index contributed by atoms with van der Waals surface area (Å²) in [6.45, 7) is 4.20. The van der Waals surface area contributed by atoms with Crippen molar-refractivity contribution in [2.24, 2.45) is 0 Å². The molecule has 0 aliphatic carbocycles. The lowest BCUT2D eigenvalue weighted by molar-refractivity contribution is -0.114. The molecule has 0 aliphatic rings. The average Bonchev–Trinajstić information content (AvgIpc) is 2.87. The molecule has 0 aromatic heterocycles. The van der Waals surface area contributed by atoms with Gasteiger partial charge in [0.25, 0.3) is 15.9 Å². The molecule has 3 aromatic carbocycles. The number of para-hydroxylation sites is 1. The van der Waals surface area contributed by atoms with Gasteiger partial charge in [0.1, 0.15) is 12.3 Å². The number of hydrogen-bond acceptors (Lipinski definition) is 5. The quantitative estimate of drug-likeness (QED) is 0.374. The smallest absolute Gasteiger partial charge is 0.264 e. The van der Waals surface area contributed by atoms with Crippen LogP contribution in [0.4, 0.5) is 11.4 Å². The number of halogens is 1. The molecule has 2 N–H and O–H groups in total. The van der Waals surface area contributed by atoms with Crippen LogP contribution in [0.2, 0.25) is 5.02 Å². The van der Waals surface area contributed by atoms with E-state index in [-0.39, 0.29) is 27.7 Å². The van der Waals surface area contributed by atoms with Gasteiger partial charge in [0, 0.05) is 11.6 Å². The zero-order valence-corrected chi connectivity index (χ0v) is 21.6. The first kappa shape index (κ1) is 27.0. The van der Waals surface area contributed by atoms with Gasteiger partial charge >= 0.3 is 0 Å². The van der Waals surface area contributed by atoms with E-state index >= 15 is 0 Å². The highest BCUT2D eigenvalue weighted by Crippen LogP contribution is 2.27. The number of sulfonamides is 1. The molecule has 0 radical (unpaired) electrons. The Morgan fingerprint density at radius 2 is 1.61 bits per heavy atom. The first-order valence-electron chi connectivity index (χ1n) is 11.4. The van der Waals surface area contributed by atoms with E-state index < -0.39 is 22.5 Å². The van der Waals surface area contributed by atoms with Crippen LogP contribution in [0, 0.1) is 0 Å². The Labute approximate surface area is 216 Å². The maximum Gasteiger partial charge on any atom is 0.264 e. The number of carbonyl (C=O) groups excluding carboxylic acids is 2. The second-order valence-electron chi connectivity index (χ2n) is 7.74. The number of hydrogen-bond donors (Lipinski definition) is 2. The molecular formula is C26H28ClN3O5S. The molecule has 0 saturated heterocycles. The third kappa shape index (κ3) is 6.77. The van der Waals surface area contributed by atoms with Gasteiger partial charge in [0.2, 0.25) is 5.91 Å². The fourth-order valence-corrected chi connectivity index (χ4v) is 4.92. The summed E-state index contributed by atoms with van der Waals surface area (Å²) in [7, 11) is -4.13. The zero-order chi connectivity index (χ0) is 26.1. The monoisotopic (exact) mass is 529 g/mol. The maximum absolute atomic E-state index is 13.5. The van der Waals surface area contributed by atoms with Gasteiger partial charge in [0.15, 0.2) is 0 Å². The van der Waals surface area contributed by atoms with Gasteiger partial charge in [-0.3, -0.25) is 13.9 Å². The van der Waals surface area contributed by atoms with E-state index in [0.29, 0.717) is 23.9 Å². The van der Waals surface area contributed by atoms with Crippen LogP contribution in [0.15, 0.2) is 77.7 Å². The number of benzene rings is 3. The normalized spacial score (nSPS) is 11.0. The van der Waals surface area contributed by atoms with Gasteiger partial charge < -0.3 is 15.4 Å². The minimum Gasteiger partial charge on any atom is -0.494 e. The molecule has 3 aromatic rings. The van der Waals surface area contributed by atoms with E-state index in [0.717, 1.165) is 10.7 Å². The van der Waals surface area contributed by atoms with Crippen LogP contribution in [0.5, 0.6) is 5.75 Å². The van der Waals surface area contributed by atoms with Crippen molar-refractivity contribution in [2.75, 3.05) is 29.3 Å². The highest BCUT2D eigenvalue weighted by molar-refractivity contribution is 7.92. The average molecular weight is 530 g/mol. The van der Waals surface area contributed by atoms with Crippen LogP contribution in [0.25, 0.3) is 0 Å². The minimum absolute atomic E-state index is 0.0204. The number of ether oxygens (including phenoxy) is 1. The van der Waals surface area contributed by atoms with Gasteiger partial charge in [0.05, 0.1) is 28.4 Å². The predicted octanol–water partition coefficient (Wildman–Crippen LogP) is 4.71. The Balaban J connectivity index is 1.91. The molecule has 0 unspecified atom stereocenters. The van der Waals surface area contributed by atoms with Crippen molar-refractivity contribution in [3.63, 3.8) is 0 Å². The standard InChI is InChI=1S/C26H28ClN3O5S/c1-3-17-28-26(32)23-7-5-6-8-24(23)29-25(31)18-30(20-11-13-21(14-12-20)35-4-2)36(33,34)22-15-9-19(27)10-16-22/h5-16H,3-4,17-18H2,1-2H3,(H,28,32)(H,29,31).